The number of aromatic amines is 1. The topological polar surface area (TPSA) is 58.2 Å². The Balaban J connectivity index is 1.68. The molecule has 5 nitrogen and oxygen atoms in total. The highest BCUT2D eigenvalue weighted by molar-refractivity contribution is 5.85. The lowest BCUT2D eigenvalue weighted by atomic mass is 9.93. The fraction of sp³-hybridized carbons (Fsp3) is 0.444. The number of amides is 1. The Bertz CT molecular complexity index is 683. The number of rotatable bonds is 4. The number of carbonyl (C=O) groups excluding carboxylic acids is 1. The predicted octanol–water partition coefficient (Wildman–Crippen LogP) is 3.11. The van der Waals surface area contributed by atoms with Crippen molar-refractivity contribution >= 4 is 5.91 Å². The number of ether oxygens (including phenoxy) is 1. The highest BCUT2D eigenvalue weighted by atomic mass is 19.1. The molecule has 1 atom stereocenters. The molecule has 2 aromatic rings. The number of benzene rings is 1. The van der Waals surface area contributed by atoms with E-state index in [0.29, 0.717) is 12.3 Å². The number of nitrogens with one attached hydrogen (secondary N) is 1. The van der Waals surface area contributed by atoms with Crippen molar-refractivity contribution in [1.82, 2.24) is 15.1 Å². The lowest BCUT2D eigenvalue weighted by Crippen LogP contribution is -2.51. The second-order valence-electron chi connectivity index (χ2n) is 6.67. The molecule has 0 aliphatic carbocycles. The van der Waals surface area contributed by atoms with Crippen molar-refractivity contribution < 1.29 is 13.9 Å². The van der Waals surface area contributed by atoms with E-state index >= 15 is 0 Å². The first-order chi connectivity index (χ1) is 11.5. The van der Waals surface area contributed by atoms with Gasteiger partial charge in [-0.2, -0.15) is 5.10 Å². The summed E-state index contributed by atoms with van der Waals surface area (Å²) in [6, 6.07) is 7.68. The van der Waals surface area contributed by atoms with Gasteiger partial charge in [-0.05, 0) is 57.0 Å². The maximum atomic E-state index is 13.0. The number of likely N-dealkylation sites (tertiary alicyclic amines) is 1. The van der Waals surface area contributed by atoms with E-state index in [0.717, 1.165) is 25.1 Å². The molecular formula is C18H22FN3O2. The van der Waals surface area contributed by atoms with Crippen LogP contribution in [-0.4, -0.2) is 39.7 Å². The fourth-order valence-electron chi connectivity index (χ4n) is 3.13. The van der Waals surface area contributed by atoms with Crippen molar-refractivity contribution in [1.29, 1.82) is 0 Å². The van der Waals surface area contributed by atoms with Crippen molar-refractivity contribution in [2.75, 3.05) is 13.1 Å². The third-order valence-corrected chi connectivity index (χ3v) is 4.37. The van der Waals surface area contributed by atoms with Crippen LogP contribution >= 0.6 is 0 Å². The Hall–Kier alpha value is -2.37. The average Bonchev–Trinajstić information content (AvgIpc) is 3.11. The second kappa shape index (κ2) is 6.63. The molecule has 3 rings (SSSR count). The summed E-state index contributed by atoms with van der Waals surface area (Å²) in [7, 11) is 0. The summed E-state index contributed by atoms with van der Waals surface area (Å²) in [6.45, 7) is 4.87. The first-order valence-electron chi connectivity index (χ1n) is 8.19. The molecule has 1 aliphatic rings. The summed E-state index contributed by atoms with van der Waals surface area (Å²) in [6.07, 6.45) is 3.71. The van der Waals surface area contributed by atoms with Gasteiger partial charge in [-0.3, -0.25) is 9.89 Å². The van der Waals surface area contributed by atoms with Crippen LogP contribution in [0.5, 0.6) is 5.75 Å². The molecule has 1 N–H and O–H groups in total. The molecule has 1 aromatic heterocycles. The Morgan fingerprint density at radius 3 is 2.75 bits per heavy atom. The Morgan fingerprint density at radius 1 is 1.33 bits per heavy atom. The van der Waals surface area contributed by atoms with Gasteiger partial charge in [-0.25, -0.2) is 4.39 Å². The summed E-state index contributed by atoms with van der Waals surface area (Å²) in [5.41, 5.74) is 0.0537. The molecule has 1 amide bonds. The molecule has 24 heavy (non-hydrogen) atoms. The minimum atomic E-state index is -1.01. The zero-order valence-electron chi connectivity index (χ0n) is 14.0. The molecule has 6 heteroatoms. The molecule has 1 saturated heterocycles. The van der Waals surface area contributed by atoms with Crippen LogP contribution < -0.4 is 4.74 Å². The molecule has 0 saturated carbocycles. The fourth-order valence-corrected chi connectivity index (χ4v) is 3.13. The molecule has 1 fully saturated rings. The maximum Gasteiger partial charge on any atom is 0.266 e. The van der Waals surface area contributed by atoms with Crippen molar-refractivity contribution in [3.05, 3.63) is 48.0 Å². The zero-order valence-corrected chi connectivity index (χ0v) is 14.0. The first kappa shape index (κ1) is 16.5. The van der Waals surface area contributed by atoms with Crippen molar-refractivity contribution in [3.63, 3.8) is 0 Å². The number of hydrogen-bond acceptors (Lipinski definition) is 3. The quantitative estimate of drug-likeness (QED) is 0.936. The molecule has 128 valence electrons. The van der Waals surface area contributed by atoms with Crippen LogP contribution in [-0.2, 0) is 4.79 Å². The van der Waals surface area contributed by atoms with Crippen molar-refractivity contribution in [2.24, 2.45) is 0 Å². The van der Waals surface area contributed by atoms with E-state index in [1.807, 2.05) is 11.0 Å². The monoisotopic (exact) mass is 331 g/mol. The van der Waals surface area contributed by atoms with Gasteiger partial charge < -0.3 is 9.64 Å². The highest BCUT2D eigenvalue weighted by Crippen LogP contribution is 2.28. The van der Waals surface area contributed by atoms with Crippen LogP contribution in [0.4, 0.5) is 4.39 Å². The lowest BCUT2D eigenvalue weighted by Gasteiger charge is -2.37. The van der Waals surface area contributed by atoms with E-state index < -0.39 is 5.60 Å². The Morgan fingerprint density at radius 2 is 2.08 bits per heavy atom. The summed E-state index contributed by atoms with van der Waals surface area (Å²) in [5.74, 6) is 0.365. The van der Waals surface area contributed by atoms with E-state index in [4.69, 9.17) is 4.74 Å². The number of halogens is 1. The molecule has 1 aliphatic heterocycles. The third-order valence-electron chi connectivity index (χ3n) is 4.37. The normalized spacial score (nSPS) is 18.5. The standard InChI is InChI=1S/C18H22FN3O2/c1-18(2,24-15-7-5-14(19)6-8-15)17(23)22-11-3-4-13(12-22)16-9-10-20-21-16/h5-10,13H,3-4,11-12H2,1-2H3,(H,20,21). The van der Waals surface area contributed by atoms with Crippen LogP contribution in [0, 0.1) is 5.82 Å². The summed E-state index contributed by atoms with van der Waals surface area (Å²) >= 11 is 0. The lowest BCUT2D eigenvalue weighted by molar-refractivity contribution is -0.146. The molecule has 2 heterocycles. The number of nitrogens with zero attached hydrogens (tertiary/aromatic N) is 2. The number of aromatic nitrogens is 2. The summed E-state index contributed by atoms with van der Waals surface area (Å²) < 4.78 is 18.8. The number of carbonyl (C=O) groups is 1. The molecule has 1 aromatic carbocycles. The van der Waals surface area contributed by atoms with E-state index in [1.165, 1.54) is 24.3 Å². The van der Waals surface area contributed by atoms with E-state index in [-0.39, 0.29) is 17.6 Å². The van der Waals surface area contributed by atoms with Gasteiger partial charge in [0.1, 0.15) is 11.6 Å². The Kier molecular flexibility index (Phi) is 4.55. The zero-order chi connectivity index (χ0) is 17.2. The average molecular weight is 331 g/mol. The molecule has 0 radical (unpaired) electrons. The van der Waals surface area contributed by atoms with Gasteiger partial charge in [-0.1, -0.05) is 0 Å². The second-order valence-corrected chi connectivity index (χ2v) is 6.67. The van der Waals surface area contributed by atoms with Crippen LogP contribution in [0.1, 0.15) is 38.3 Å². The van der Waals surface area contributed by atoms with Crippen LogP contribution in [0.3, 0.4) is 0 Å². The molecule has 1 unspecified atom stereocenters. The van der Waals surface area contributed by atoms with Crippen LogP contribution in [0.2, 0.25) is 0 Å². The Labute approximate surface area is 140 Å². The first-order valence-corrected chi connectivity index (χ1v) is 8.19. The van der Waals surface area contributed by atoms with E-state index in [9.17, 15) is 9.18 Å². The van der Waals surface area contributed by atoms with E-state index in [2.05, 4.69) is 10.2 Å². The van der Waals surface area contributed by atoms with Crippen LogP contribution in [0.15, 0.2) is 36.5 Å². The molecule has 0 spiro atoms. The summed E-state index contributed by atoms with van der Waals surface area (Å²) in [4.78, 5) is 14.8. The third kappa shape index (κ3) is 3.58. The smallest absolute Gasteiger partial charge is 0.266 e. The minimum Gasteiger partial charge on any atom is -0.478 e. The largest absolute Gasteiger partial charge is 0.478 e. The van der Waals surface area contributed by atoms with Gasteiger partial charge in [0.25, 0.3) is 5.91 Å². The molecule has 0 bridgehead atoms. The number of H-pyrrole nitrogens is 1. The maximum absolute atomic E-state index is 13.0. The van der Waals surface area contributed by atoms with Crippen molar-refractivity contribution in [2.45, 2.75) is 38.2 Å². The van der Waals surface area contributed by atoms with Gasteiger partial charge in [-0.15, -0.1) is 0 Å². The van der Waals surface area contributed by atoms with Gasteiger partial charge >= 0.3 is 0 Å². The highest BCUT2D eigenvalue weighted by Gasteiger charge is 2.37. The molecular weight excluding hydrogens is 309 g/mol. The number of hydrogen-bond donors (Lipinski definition) is 1. The number of piperidine rings is 1. The predicted molar refractivity (Wildman–Crippen MR) is 88.2 cm³/mol. The summed E-state index contributed by atoms with van der Waals surface area (Å²) in [5, 5.41) is 6.99. The van der Waals surface area contributed by atoms with Gasteiger partial charge in [0.05, 0.1) is 0 Å². The van der Waals surface area contributed by atoms with Crippen LogP contribution in [0.25, 0.3) is 0 Å². The van der Waals surface area contributed by atoms with Gasteiger partial charge in [0, 0.05) is 30.9 Å². The van der Waals surface area contributed by atoms with Crippen molar-refractivity contribution in [3.8, 4) is 5.75 Å². The van der Waals surface area contributed by atoms with Gasteiger partial charge in [0.2, 0.25) is 0 Å². The minimum absolute atomic E-state index is 0.0592. The van der Waals surface area contributed by atoms with E-state index in [1.54, 1.807) is 20.0 Å². The van der Waals surface area contributed by atoms with Gasteiger partial charge in [0.15, 0.2) is 5.60 Å². The SMILES string of the molecule is CC(C)(Oc1ccc(F)cc1)C(=O)N1CCCC(c2ccn[nH]2)C1.